The van der Waals surface area contributed by atoms with Crippen molar-refractivity contribution in [1.82, 2.24) is 10.6 Å². The summed E-state index contributed by atoms with van der Waals surface area (Å²) in [7, 11) is 0. The third kappa shape index (κ3) is 10.4. The van der Waals surface area contributed by atoms with E-state index in [4.69, 9.17) is 9.47 Å². The van der Waals surface area contributed by atoms with Gasteiger partial charge in [0.2, 0.25) is 0 Å². The minimum absolute atomic E-state index is 0.00365. The van der Waals surface area contributed by atoms with Gasteiger partial charge < -0.3 is 20.1 Å². The Hall–Kier alpha value is -1.27. The van der Waals surface area contributed by atoms with Crippen LogP contribution in [0, 0.1) is 5.41 Å². The molecule has 0 saturated heterocycles. The van der Waals surface area contributed by atoms with Gasteiger partial charge in [-0.05, 0) is 71.1 Å². The molecule has 0 fully saturated rings. The molecule has 0 spiro atoms. The van der Waals surface area contributed by atoms with Crippen molar-refractivity contribution in [2.45, 2.75) is 86.4 Å². The third-order valence-corrected chi connectivity index (χ3v) is 4.75. The molecule has 0 bridgehead atoms. The minimum Gasteiger partial charge on any atom is -0.490 e. The number of ether oxygens (including phenoxy) is 2. The standard InChI is InChI=1S/C23H39BrN2O3/c1-10-28-18-11-16(13-25-23(8,9)15-21(2,3)4)17(24)12-19(18)29-14-20(27)26-22(5,6)7/h11-12,25H,10,13-15H2,1-9H3,(H,26,27). The van der Waals surface area contributed by atoms with Gasteiger partial charge >= 0.3 is 0 Å². The third-order valence-electron chi connectivity index (χ3n) is 4.02. The van der Waals surface area contributed by atoms with E-state index in [1.54, 1.807) is 0 Å². The van der Waals surface area contributed by atoms with Crippen LogP contribution in [0.1, 0.15) is 74.3 Å². The van der Waals surface area contributed by atoms with Crippen LogP contribution in [0.15, 0.2) is 16.6 Å². The number of nitrogens with one attached hydrogen (secondary N) is 2. The van der Waals surface area contributed by atoms with Crippen molar-refractivity contribution in [3.63, 3.8) is 0 Å². The van der Waals surface area contributed by atoms with Gasteiger partial charge in [-0.15, -0.1) is 0 Å². The SMILES string of the molecule is CCOc1cc(CNC(C)(C)CC(C)(C)C)c(Br)cc1OCC(=O)NC(C)(C)C. The van der Waals surface area contributed by atoms with E-state index in [0.717, 1.165) is 16.5 Å². The highest BCUT2D eigenvalue weighted by molar-refractivity contribution is 9.10. The zero-order valence-corrected chi connectivity index (χ0v) is 21.2. The summed E-state index contributed by atoms with van der Waals surface area (Å²) in [4.78, 5) is 12.1. The first-order valence-electron chi connectivity index (χ1n) is 10.3. The van der Waals surface area contributed by atoms with Crippen molar-refractivity contribution in [3.8, 4) is 11.5 Å². The molecule has 1 aromatic rings. The Kier molecular flexibility index (Phi) is 9.03. The van der Waals surface area contributed by atoms with Gasteiger partial charge in [0.25, 0.3) is 5.91 Å². The topological polar surface area (TPSA) is 59.6 Å². The molecule has 2 N–H and O–H groups in total. The maximum Gasteiger partial charge on any atom is 0.258 e. The molecule has 0 aliphatic heterocycles. The summed E-state index contributed by atoms with van der Waals surface area (Å²) in [5, 5.41) is 6.54. The summed E-state index contributed by atoms with van der Waals surface area (Å²) in [6, 6.07) is 3.86. The molecular weight excluding hydrogens is 432 g/mol. The monoisotopic (exact) mass is 470 g/mol. The molecule has 0 saturated carbocycles. The van der Waals surface area contributed by atoms with Crippen LogP contribution in [0.2, 0.25) is 0 Å². The second-order valence-corrected chi connectivity index (χ2v) is 11.2. The Morgan fingerprint density at radius 1 is 1.00 bits per heavy atom. The van der Waals surface area contributed by atoms with Crippen LogP contribution in [0.25, 0.3) is 0 Å². The van der Waals surface area contributed by atoms with Crippen molar-refractivity contribution in [2.24, 2.45) is 5.41 Å². The normalized spacial score (nSPS) is 12.6. The molecule has 29 heavy (non-hydrogen) atoms. The van der Waals surface area contributed by atoms with Crippen LogP contribution in [-0.2, 0) is 11.3 Å². The van der Waals surface area contributed by atoms with E-state index in [1.165, 1.54) is 0 Å². The second-order valence-electron chi connectivity index (χ2n) is 10.4. The number of hydrogen-bond donors (Lipinski definition) is 2. The molecule has 1 rings (SSSR count). The van der Waals surface area contributed by atoms with Crippen molar-refractivity contribution >= 4 is 21.8 Å². The van der Waals surface area contributed by atoms with E-state index in [2.05, 4.69) is 61.2 Å². The van der Waals surface area contributed by atoms with Gasteiger partial charge in [0, 0.05) is 22.1 Å². The van der Waals surface area contributed by atoms with Gasteiger partial charge in [0.15, 0.2) is 18.1 Å². The Balaban J connectivity index is 2.90. The van der Waals surface area contributed by atoms with Crippen LogP contribution >= 0.6 is 15.9 Å². The zero-order valence-electron chi connectivity index (χ0n) is 19.6. The fourth-order valence-corrected chi connectivity index (χ4v) is 3.88. The first kappa shape index (κ1) is 25.8. The maximum atomic E-state index is 12.1. The summed E-state index contributed by atoms with van der Waals surface area (Å²) in [6.07, 6.45) is 1.06. The van der Waals surface area contributed by atoms with Crippen molar-refractivity contribution in [1.29, 1.82) is 0 Å². The van der Waals surface area contributed by atoms with Crippen molar-refractivity contribution < 1.29 is 14.3 Å². The number of rotatable bonds is 9. The minimum atomic E-state index is -0.292. The Morgan fingerprint density at radius 2 is 1.59 bits per heavy atom. The zero-order chi connectivity index (χ0) is 22.5. The molecule has 0 atom stereocenters. The smallest absolute Gasteiger partial charge is 0.258 e. The molecule has 6 heteroatoms. The number of halogens is 1. The quantitative estimate of drug-likeness (QED) is 0.503. The van der Waals surface area contributed by atoms with Gasteiger partial charge in [-0.2, -0.15) is 0 Å². The maximum absolute atomic E-state index is 12.1. The summed E-state index contributed by atoms with van der Waals surface area (Å²) < 4.78 is 12.5. The van der Waals surface area contributed by atoms with Gasteiger partial charge in [0.1, 0.15) is 0 Å². The lowest BCUT2D eigenvalue weighted by Gasteiger charge is -2.33. The van der Waals surface area contributed by atoms with Gasteiger partial charge in [-0.3, -0.25) is 4.79 Å². The second kappa shape index (κ2) is 10.2. The average Bonchev–Trinajstić information content (AvgIpc) is 2.49. The number of carbonyl (C=O) groups excluding carboxylic acids is 1. The Morgan fingerprint density at radius 3 is 2.10 bits per heavy atom. The molecule has 0 heterocycles. The highest BCUT2D eigenvalue weighted by Crippen LogP contribution is 2.34. The Labute approximate surface area is 185 Å². The largest absolute Gasteiger partial charge is 0.490 e. The summed E-state index contributed by atoms with van der Waals surface area (Å²) in [5.74, 6) is 1.04. The fraction of sp³-hybridized carbons (Fsp3) is 0.696. The number of benzene rings is 1. The van der Waals surface area contributed by atoms with Gasteiger partial charge in [-0.25, -0.2) is 0 Å². The first-order valence-corrected chi connectivity index (χ1v) is 11.1. The summed E-state index contributed by atoms with van der Waals surface area (Å²) in [5.41, 5.74) is 1.04. The molecular formula is C23H39BrN2O3. The predicted octanol–water partition coefficient (Wildman–Crippen LogP) is 5.45. The number of amides is 1. The molecule has 5 nitrogen and oxygen atoms in total. The van der Waals surface area contributed by atoms with Gasteiger partial charge in [0.05, 0.1) is 6.61 Å². The lowest BCUT2D eigenvalue weighted by molar-refractivity contribution is -0.124. The highest BCUT2D eigenvalue weighted by Gasteiger charge is 2.25. The van der Waals surface area contributed by atoms with Crippen LogP contribution in [-0.4, -0.2) is 30.2 Å². The van der Waals surface area contributed by atoms with Crippen LogP contribution in [0.5, 0.6) is 11.5 Å². The van der Waals surface area contributed by atoms with Crippen LogP contribution in [0.3, 0.4) is 0 Å². The number of carbonyl (C=O) groups is 1. The van der Waals surface area contributed by atoms with E-state index in [1.807, 2.05) is 39.8 Å². The van der Waals surface area contributed by atoms with E-state index in [-0.39, 0.29) is 29.0 Å². The highest BCUT2D eigenvalue weighted by atomic mass is 79.9. The van der Waals surface area contributed by atoms with Crippen molar-refractivity contribution in [3.05, 3.63) is 22.2 Å². The van der Waals surface area contributed by atoms with Gasteiger partial charge in [-0.1, -0.05) is 36.7 Å². The molecule has 1 aromatic carbocycles. The summed E-state index contributed by atoms with van der Waals surface area (Å²) >= 11 is 3.64. The molecule has 0 aliphatic rings. The molecule has 166 valence electrons. The lowest BCUT2D eigenvalue weighted by atomic mass is 9.82. The van der Waals surface area contributed by atoms with Crippen molar-refractivity contribution in [2.75, 3.05) is 13.2 Å². The Bertz CT molecular complexity index is 689. The molecule has 0 radical (unpaired) electrons. The summed E-state index contributed by atoms with van der Waals surface area (Å²) in [6.45, 7) is 20.1. The van der Waals surface area contributed by atoms with Crippen LogP contribution < -0.4 is 20.1 Å². The first-order chi connectivity index (χ1) is 13.1. The molecule has 0 aromatic heterocycles. The number of hydrogen-bond acceptors (Lipinski definition) is 4. The average molecular weight is 471 g/mol. The molecule has 0 aliphatic carbocycles. The molecule has 1 amide bonds. The van der Waals surface area contributed by atoms with E-state index >= 15 is 0 Å². The van der Waals surface area contributed by atoms with E-state index in [0.29, 0.717) is 24.7 Å². The van der Waals surface area contributed by atoms with E-state index in [9.17, 15) is 4.79 Å². The fourth-order valence-electron chi connectivity index (χ4n) is 3.41. The molecule has 0 unspecified atom stereocenters. The van der Waals surface area contributed by atoms with E-state index < -0.39 is 0 Å². The predicted molar refractivity (Wildman–Crippen MR) is 124 cm³/mol. The van der Waals surface area contributed by atoms with Crippen LogP contribution in [0.4, 0.5) is 0 Å². The lowest BCUT2D eigenvalue weighted by Crippen LogP contribution is -2.43.